The van der Waals surface area contributed by atoms with Gasteiger partial charge >= 0.3 is 0 Å². The molecule has 2 aromatic carbocycles. The van der Waals surface area contributed by atoms with Gasteiger partial charge in [-0.1, -0.05) is 31.3 Å². The van der Waals surface area contributed by atoms with E-state index in [1.807, 2.05) is 30.4 Å². The minimum atomic E-state index is -2.20. The topological polar surface area (TPSA) is 137 Å². The number of aliphatic hydroxyl groups is 1. The number of anilines is 1. The lowest BCUT2D eigenvalue weighted by Crippen LogP contribution is -2.49. The van der Waals surface area contributed by atoms with E-state index in [4.69, 9.17) is 11.1 Å². The van der Waals surface area contributed by atoms with Gasteiger partial charge in [-0.05, 0) is 74.6 Å². The van der Waals surface area contributed by atoms with Gasteiger partial charge in [-0.2, -0.15) is 0 Å². The molecule has 0 bridgehead atoms. The Morgan fingerprint density at radius 3 is 2.47 bits per heavy atom. The number of imide groups is 1. The first kappa shape index (κ1) is 25.3. The number of aliphatic hydroxyl groups excluding tert-OH is 1. The Morgan fingerprint density at radius 2 is 1.76 bits per heavy atom. The van der Waals surface area contributed by atoms with Crippen molar-refractivity contribution in [1.82, 2.24) is 10.2 Å². The van der Waals surface area contributed by atoms with E-state index in [1.165, 1.54) is 12.2 Å². The molecule has 0 saturated carbocycles. The maximum absolute atomic E-state index is 13.1. The van der Waals surface area contributed by atoms with Crippen LogP contribution in [0, 0.1) is 5.41 Å². The highest BCUT2D eigenvalue weighted by Gasteiger charge is 2.40. The summed E-state index contributed by atoms with van der Waals surface area (Å²) >= 11 is 0. The molecule has 0 aromatic heterocycles. The first-order chi connectivity index (χ1) is 18.1. The Kier molecular flexibility index (Phi) is 6.34. The molecule has 5 N–H and O–H groups in total. The molecular formula is C29H28N4O4Si. The Bertz CT molecular complexity index is 1530. The maximum atomic E-state index is 13.1. The molecule has 2 aliphatic heterocycles. The summed E-state index contributed by atoms with van der Waals surface area (Å²) in [6.45, 7) is 4.45. The fourth-order valence-electron chi connectivity index (χ4n) is 5.28. The molecule has 0 atom stereocenters. The van der Waals surface area contributed by atoms with E-state index in [0.717, 1.165) is 37.6 Å². The van der Waals surface area contributed by atoms with Crippen molar-refractivity contribution in [2.45, 2.75) is 19.7 Å². The van der Waals surface area contributed by atoms with Gasteiger partial charge in [0.1, 0.15) is 8.07 Å². The van der Waals surface area contributed by atoms with Crippen LogP contribution in [-0.2, 0) is 16.2 Å². The summed E-state index contributed by atoms with van der Waals surface area (Å²) in [6.07, 6.45) is 8.05. The number of nitrogens with zero attached hydrogens (tertiary/aromatic N) is 1. The van der Waals surface area contributed by atoms with Crippen LogP contribution in [0.15, 0.2) is 77.5 Å². The lowest BCUT2D eigenvalue weighted by Gasteiger charge is -2.38. The molecule has 1 aliphatic carbocycles. The number of nitrogens with two attached hydrogens (primary N) is 1. The number of nitrogens with one attached hydrogen (secondary N) is 2. The van der Waals surface area contributed by atoms with Crippen LogP contribution in [-0.4, -0.2) is 54.6 Å². The maximum Gasteiger partial charge on any atom is 0.253 e. The minimum Gasteiger partial charge on any atom is -0.399 e. The number of rotatable bonds is 6. The molecule has 0 fully saturated rings. The van der Waals surface area contributed by atoms with Gasteiger partial charge in [0.25, 0.3) is 17.7 Å². The van der Waals surface area contributed by atoms with Crippen LogP contribution < -0.4 is 16.2 Å². The van der Waals surface area contributed by atoms with E-state index < -0.39 is 19.9 Å². The van der Waals surface area contributed by atoms with Crippen molar-refractivity contribution >= 4 is 48.0 Å². The zero-order chi connectivity index (χ0) is 27.2. The number of nitrogen functional groups attached to an aromatic ring is 1. The van der Waals surface area contributed by atoms with Gasteiger partial charge in [-0.3, -0.25) is 19.3 Å². The highest BCUT2D eigenvalue weighted by molar-refractivity contribution is 6.98. The van der Waals surface area contributed by atoms with Crippen molar-refractivity contribution in [3.8, 4) is 0 Å². The Labute approximate surface area is 221 Å². The molecule has 5 rings (SSSR count). The van der Waals surface area contributed by atoms with E-state index in [9.17, 15) is 19.5 Å². The molecule has 3 amide bonds. The SMILES string of the molecule is C[Si]1(C)C2=CC(=N)C=CC2=C(c2cc(C(=O)NCCN3C(=O)C=CC3=O)ccc2CO)c2ccc(N)cc21. The molecule has 192 valence electrons. The van der Waals surface area contributed by atoms with Crippen molar-refractivity contribution in [1.29, 1.82) is 5.41 Å². The predicted molar refractivity (Wildman–Crippen MR) is 150 cm³/mol. The highest BCUT2D eigenvalue weighted by atomic mass is 28.3. The molecule has 0 saturated heterocycles. The van der Waals surface area contributed by atoms with Crippen LogP contribution >= 0.6 is 0 Å². The minimum absolute atomic E-state index is 0.0761. The number of benzene rings is 2. The normalized spacial score (nSPS) is 17.5. The van der Waals surface area contributed by atoms with Gasteiger partial charge < -0.3 is 21.6 Å². The van der Waals surface area contributed by atoms with Crippen LogP contribution in [0.3, 0.4) is 0 Å². The first-order valence-electron chi connectivity index (χ1n) is 12.3. The van der Waals surface area contributed by atoms with Crippen LogP contribution in [0.25, 0.3) is 5.57 Å². The number of hydrogen-bond donors (Lipinski definition) is 4. The van der Waals surface area contributed by atoms with E-state index in [1.54, 1.807) is 24.3 Å². The van der Waals surface area contributed by atoms with Crippen molar-refractivity contribution in [3.05, 3.63) is 99.8 Å². The Balaban J connectivity index is 1.56. The third-order valence-corrected chi connectivity index (χ3v) is 10.8. The molecule has 3 aliphatic rings. The van der Waals surface area contributed by atoms with Crippen molar-refractivity contribution in [2.24, 2.45) is 0 Å². The van der Waals surface area contributed by atoms with Gasteiger partial charge in [0, 0.05) is 36.5 Å². The van der Waals surface area contributed by atoms with Crippen molar-refractivity contribution in [2.75, 3.05) is 18.8 Å². The fraction of sp³-hybridized carbons (Fsp3) is 0.172. The second kappa shape index (κ2) is 9.51. The zero-order valence-corrected chi connectivity index (χ0v) is 22.2. The summed E-state index contributed by atoms with van der Waals surface area (Å²) in [5, 5.41) is 23.5. The van der Waals surface area contributed by atoms with Gasteiger partial charge in [-0.15, -0.1) is 0 Å². The average Bonchev–Trinajstić information content (AvgIpc) is 3.21. The molecule has 2 heterocycles. The predicted octanol–water partition coefficient (Wildman–Crippen LogP) is 2.20. The van der Waals surface area contributed by atoms with Gasteiger partial charge in [-0.25, -0.2) is 0 Å². The van der Waals surface area contributed by atoms with Crippen LogP contribution in [0.4, 0.5) is 5.69 Å². The molecule has 2 aromatic rings. The largest absolute Gasteiger partial charge is 0.399 e. The highest BCUT2D eigenvalue weighted by Crippen LogP contribution is 2.42. The molecule has 0 spiro atoms. The van der Waals surface area contributed by atoms with Gasteiger partial charge in [0.15, 0.2) is 0 Å². The van der Waals surface area contributed by atoms with Gasteiger partial charge in [0.2, 0.25) is 0 Å². The molecule has 0 radical (unpaired) electrons. The Morgan fingerprint density at radius 1 is 1.03 bits per heavy atom. The van der Waals surface area contributed by atoms with E-state index >= 15 is 0 Å². The van der Waals surface area contributed by atoms with E-state index in [2.05, 4.69) is 18.4 Å². The second-order valence-corrected chi connectivity index (χ2v) is 14.3. The zero-order valence-electron chi connectivity index (χ0n) is 21.2. The number of hydrogen-bond acceptors (Lipinski definition) is 6. The third kappa shape index (κ3) is 4.25. The van der Waals surface area contributed by atoms with Crippen LogP contribution in [0.2, 0.25) is 13.1 Å². The lowest BCUT2D eigenvalue weighted by atomic mass is 9.86. The van der Waals surface area contributed by atoms with Crippen LogP contribution in [0.5, 0.6) is 0 Å². The van der Waals surface area contributed by atoms with E-state index in [0.29, 0.717) is 22.5 Å². The number of carbonyl (C=O) groups excluding carboxylic acids is 3. The smallest absolute Gasteiger partial charge is 0.253 e. The second-order valence-electron chi connectivity index (χ2n) is 10.0. The lowest BCUT2D eigenvalue weighted by molar-refractivity contribution is -0.136. The first-order valence-corrected chi connectivity index (χ1v) is 15.3. The van der Waals surface area contributed by atoms with Crippen molar-refractivity contribution in [3.63, 3.8) is 0 Å². The quantitative estimate of drug-likeness (QED) is 0.261. The summed E-state index contributed by atoms with van der Waals surface area (Å²) in [5.74, 6) is -1.14. The van der Waals surface area contributed by atoms with Crippen LogP contribution in [0.1, 0.15) is 27.0 Å². The number of carbonyl (C=O) groups is 3. The van der Waals surface area contributed by atoms with Crippen molar-refractivity contribution < 1.29 is 19.5 Å². The van der Waals surface area contributed by atoms with Gasteiger partial charge in [0.05, 0.1) is 12.3 Å². The molecule has 0 unspecified atom stereocenters. The Hall–Kier alpha value is -4.34. The summed E-state index contributed by atoms with van der Waals surface area (Å²) < 4.78 is 0. The van der Waals surface area contributed by atoms with E-state index in [-0.39, 0.29) is 25.6 Å². The summed E-state index contributed by atoms with van der Waals surface area (Å²) in [6, 6.07) is 11.0. The summed E-state index contributed by atoms with van der Waals surface area (Å²) in [4.78, 5) is 37.7. The number of allylic oxidation sites excluding steroid dienone is 5. The summed E-state index contributed by atoms with van der Waals surface area (Å²) in [7, 11) is -2.20. The third-order valence-electron chi connectivity index (χ3n) is 7.28. The molecule has 9 heteroatoms. The summed E-state index contributed by atoms with van der Waals surface area (Å²) in [5.41, 5.74) is 12.0. The molecule has 38 heavy (non-hydrogen) atoms. The monoisotopic (exact) mass is 524 g/mol. The number of amides is 3. The fourth-order valence-corrected chi connectivity index (χ4v) is 8.38. The number of fused-ring (bicyclic) bond motifs is 2. The standard InChI is InChI=1S/C29H28N4O4Si/c1-38(2)24-14-19(30)5-7-21(24)28(22-8-6-20(31)15-25(22)38)23-13-17(3-4-18(23)16-34)29(37)32-11-12-33-26(35)9-10-27(33)36/h3-10,13-15,30,34H,11-12,16,31H2,1-2H3,(H,32,37). The average molecular weight is 525 g/mol. The molecule has 8 nitrogen and oxygen atoms in total. The molecular weight excluding hydrogens is 496 g/mol.